The van der Waals surface area contributed by atoms with E-state index < -0.39 is 0 Å². The SMILES string of the molecule is CC(C)[C@@H]1COC(=O)C=N1. The lowest BCUT2D eigenvalue weighted by Gasteiger charge is -2.18. The molecule has 0 radical (unpaired) electrons. The van der Waals surface area contributed by atoms with Crippen molar-refractivity contribution in [3.8, 4) is 0 Å². The van der Waals surface area contributed by atoms with E-state index in [0.29, 0.717) is 12.5 Å². The van der Waals surface area contributed by atoms with Gasteiger partial charge in [0.15, 0.2) is 0 Å². The third kappa shape index (κ3) is 1.56. The van der Waals surface area contributed by atoms with E-state index in [2.05, 4.69) is 18.8 Å². The molecule has 1 aliphatic rings. The highest BCUT2D eigenvalue weighted by Gasteiger charge is 2.17. The first-order chi connectivity index (χ1) is 4.70. The molecule has 0 fully saturated rings. The zero-order valence-electron chi connectivity index (χ0n) is 6.20. The molecule has 0 unspecified atom stereocenters. The summed E-state index contributed by atoms with van der Waals surface area (Å²) in [5.74, 6) is 0.126. The topological polar surface area (TPSA) is 38.7 Å². The van der Waals surface area contributed by atoms with E-state index in [1.54, 1.807) is 0 Å². The van der Waals surface area contributed by atoms with Crippen LogP contribution in [0.1, 0.15) is 13.8 Å². The van der Waals surface area contributed by atoms with Gasteiger partial charge in [-0.3, -0.25) is 4.99 Å². The van der Waals surface area contributed by atoms with Crippen molar-refractivity contribution in [3.05, 3.63) is 0 Å². The fraction of sp³-hybridized carbons (Fsp3) is 0.714. The first-order valence-corrected chi connectivity index (χ1v) is 3.40. The molecule has 0 aromatic carbocycles. The fourth-order valence-corrected chi connectivity index (χ4v) is 0.769. The van der Waals surface area contributed by atoms with Crippen LogP contribution in [0.5, 0.6) is 0 Å². The number of carbonyl (C=O) groups excluding carboxylic acids is 1. The molecular formula is C7H11NO2. The number of carbonyl (C=O) groups is 1. The number of cyclic esters (lactones) is 1. The van der Waals surface area contributed by atoms with Crippen LogP contribution < -0.4 is 0 Å². The van der Waals surface area contributed by atoms with Crippen molar-refractivity contribution in [1.29, 1.82) is 0 Å². The van der Waals surface area contributed by atoms with Gasteiger partial charge in [0, 0.05) is 0 Å². The normalized spacial score (nSPS) is 25.1. The minimum Gasteiger partial charge on any atom is -0.459 e. The molecule has 0 N–H and O–H groups in total. The second kappa shape index (κ2) is 2.82. The summed E-state index contributed by atoms with van der Waals surface area (Å²) in [6.45, 7) is 4.55. The van der Waals surface area contributed by atoms with Crippen LogP contribution in [0.4, 0.5) is 0 Å². The van der Waals surface area contributed by atoms with Crippen LogP contribution in [0.3, 0.4) is 0 Å². The Morgan fingerprint density at radius 1 is 1.80 bits per heavy atom. The van der Waals surface area contributed by atoms with Crippen molar-refractivity contribution in [2.45, 2.75) is 19.9 Å². The van der Waals surface area contributed by atoms with E-state index in [4.69, 9.17) is 4.74 Å². The summed E-state index contributed by atoms with van der Waals surface area (Å²) in [5.41, 5.74) is 0. The van der Waals surface area contributed by atoms with Crippen molar-refractivity contribution in [2.24, 2.45) is 10.9 Å². The summed E-state index contributed by atoms with van der Waals surface area (Å²) in [6.07, 6.45) is 1.26. The Bertz CT molecular complexity index is 163. The molecule has 0 saturated heterocycles. The molecular weight excluding hydrogens is 130 g/mol. The molecule has 0 bridgehead atoms. The molecule has 1 atom stereocenters. The van der Waals surface area contributed by atoms with Crippen LogP contribution in [0, 0.1) is 5.92 Å². The van der Waals surface area contributed by atoms with E-state index >= 15 is 0 Å². The molecule has 3 heteroatoms. The summed E-state index contributed by atoms with van der Waals surface area (Å²) < 4.78 is 4.76. The monoisotopic (exact) mass is 141 g/mol. The second-order valence-electron chi connectivity index (χ2n) is 2.72. The van der Waals surface area contributed by atoms with Crippen molar-refractivity contribution in [2.75, 3.05) is 6.61 Å². The lowest BCUT2D eigenvalue weighted by Crippen LogP contribution is -2.27. The van der Waals surface area contributed by atoms with Gasteiger partial charge in [0.1, 0.15) is 12.8 Å². The maximum Gasteiger partial charge on any atom is 0.349 e. The van der Waals surface area contributed by atoms with E-state index in [-0.39, 0.29) is 12.0 Å². The summed E-state index contributed by atoms with van der Waals surface area (Å²) in [7, 11) is 0. The van der Waals surface area contributed by atoms with Crippen LogP contribution in [0.25, 0.3) is 0 Å². The number of ether oxygens (including phenoxy) is 1. The molecule has 0 saturated carbocycles. The molecule has 3 nitrogen and oxygen atoms in total. The minimum absolute atomic E-state index is 0.165. The largest absolute Gasteiger partial charge is 0.459 e. The highest BCUT2D eigenvalue weighted by molar-refractivity contribution is 6.23. The van der Waals surface area contributed by atoms with Crippen LogP contribution in [-0.2, 0) is 9.53 Å². The fourth-order valence-electron chi connectivity index (χ4n) is 0.769. The van der Waals surface area contributed by atoms with Crippen molar-refractivity contribution < 1.29 is 9.53 Å². The van der Waals surface area contributed by atoms with Gasteiger partial charge in [-0.15, -0.1) is 0 Å². The van der Waals surface area contributed by atoms with Gasteiger partial charge < -0.3 is 4.74 Å². The third-order valence-electron chi connectivity index (χ3n) is 1.54. The quantitative estimate of drug-likeness (QED) is 0.502. The van der Waals surface area contributed by atoms with E-state index in [0.717, 1.165) is 0 Å². The van der Waals surface area contributed by atoms with Crippen LogP contribution in [0.15, 0.2) is 4.99 Å². The van der Waals surface area contributed by atoms with Gasteiger partial charge in [0.2, 0.25) is 0 Å². The molecule has 1 aliphatic heterocycles. The Morgan fingerprint density at radius 3 is 2.90 bits per heavy atom. The maximum atomic E-state index is 10.5. The molecule has 0 spiro atoms. The number of nitrogens with zero attached hydrogens (tertiary/aromatic N) is 1. The van der Waals surface area contributed by atoms with E-state index in [1.807, 2.05) is 0 Å². The molecule has 0 aliphatic carbocycles. The van der Waals surface area contributed by atoms with Crippen molar-refractivity contribution in [3.63, 3.8) is 0 Å². The Balaban J connectivity index is 2.53. The molecule has 1 heterocycles. The highest BCUT2D eigenvalue weighted by atomic mass is 16.5. The summed E-state index contributed by atoms with van der Waals surface area (Å²) in [4.78, 5) is 14.5. The summed E-state index contributed by atoms with van der Waals surface area (Å²) >= 11 is 0. The number of rotatable bonds is 1. The Labute approximate surface area is 60.1 Å². The molecule has 10 heavy (non-hydrogen) atoms. The van der Waals surface area contributed by atoms with Crippen LogP contribution in [0.2, 0.25) is 0 Å². The zero-order valence-corrected chi connectivity index (χ0v) is 6.20. The lowest BCUT2D eigenvalue weighted by molar-refractivity contribution is -0.136. The summed E-state index contributed by atoms with van der Waals surface area (Å²) in [5, 5.41) is 0. The van der Waals surface area contributed by atoms with Gasteiger partial charge in [0.25, 0.3) is 0 Å². The Hall–Kier alpha value is -0.860. The standard InChI is InChI=1S/C7H11NO2/c1-5(2)6-4-10-7(9)3-8-6/h3,5-6H,4H2,1-2H3/t6-/m0/s1. The second-order valence-corrected chi connectivity index (χ2v) is 2.72. The Morgan fingerprint density at radius 2 is 2.50 bits per heavy atom. The molecule has 0 aromatic rings. The molecule has 1 rings (SSSR count). The first kappa shape index (κ1) is 7.25. The minimum atomic E-state index is -0.322. The van der Waals surface area contributed by atoms with Crippen molar-refractivity contribution in [1.82, 2.24) is 0 Å². The predicted octanol–water partition coefficient (Wildman–Crippen LogP) is 0.639. The first-order valence-electron chi connectivity index (χ1n) is 3.40. The summed E-state index contributed by atoms with van der Waals surface area (Å²) in [6, 6.07) is 0.165. The van der Waals surface area contributed by atoms with Crippen molar-refractivity contribution >= 4 is 12.2 Å². The number of aliphatic imine (C=N–C) groups is 1. The van der Waals surface area contributed by atoms with Gasteiger partial charge >= 0.3 is 5.97 Å². The average molecular weight is 141 g/mol. The molecule has 56 valence electrons. The van der Waals surface area contributed by atoms with Gasteiger partial charge in [-0.2, -0.15) is 0 Å². The highest BCUT2D eigenvalue weighted by Crippen LogP contribution is 2.08. The number of hydrogen-bond acceptors (Lipinski definition) is 3. The van der Waals surface area contributed by atoms with Gasteiger partial charge in [-0.05, 0) is 5.92 Å². The van der Waals surface area contributed by atoms with Gasteiger partial charge in [0.05, 0.1) is 6.04 Å². The van der Waals surface area contributed by atoms with Gasteiger partial charge in [-0.25, -0.2) is 4.79 Å². The third-order valence-corrected chi connectivity index (χ3v) is 1.54. The van der Waals surface area contributed by atoms with E-state index in [1.165, 1.54) is 6.21 Å². The smallest absolute Gasteiger partial charge is 0.349 e. The Kier molecular flexibility index (Phi) is 2.04. The zero-order chi connectivity index (χ0) is 7.56. The lowest BCUT2D eigenvalue weighted by atomic mass is 10.1. The van der Waals surface area contributed by atoms with Gasteiger partial charge in [-0.1, -0.05) is 13.8 Å². The average Bonchev–Trinajstić information content (AvgIpc) is 1.88. The predicted molar refractivity (Wildman–Crippen MR) is 38.1 cm³/mol. The van der Waals surface area contributed by atoms with E-state index in [9.17, 15) is 4.79 Å². The molecule has 0 aromatic heterocycles. The number of esters is 1. The van der Waals surface area contributed by atoms with Crippen LogP contribution >= 0.6 is 0 Å². The maximum absolute atomic E-state index is 10.5. The molecule has 0 amide bonds. The number of hydrogen-bond donors (Lipinski definition) is 0. The van der Waals surface area contributed by atoms with Crippen LogP contribution in [-0.4, -0.2) is 24.8 Å².